The maximum atomic E-state index is 12.2. The van der Waals surface area contributed by atoms with Crippen LogP contribution in [-0.4, -0.2) is 29.6 Å². The molecule has 5 nitrogen and oxygen atoms in total. The van der Waals surface area contributed by atoms with Gasteiger partial charge in [0, 0.05) is 28.1 Å². The van der Waals surface area contributed by atoms with Gasteiger partial charge in [0.1, 0.15) is 0 Å². The first kappa shape index (κ1) is 17.4. The predicted molar refractivity (Wildman–Crippen MR) is 86.3 cm³/mol. The standard InChI is InChI=1S/C14H15BrN4OS/c15-11-3-4-12(18)13(9-11)21-10-14(20)19(7-1-5-16)8-2-6-17/h3-4,9H,1-2,7-8,10,18H2. The summed E-state index contributed by atoms with van der Waals surface area (Å²) in [6.45, 7) is 0.705. The van der Waals surface area contributed by atoms with Crippen LogP contribution in [0.25, 0.3) is 0 Å². The summed E-state index contributed by atoms with van der Waals surface area (Å²) >= 11 is 4.72. The third kappa shape index (κ3) is 6.07. The number of benzene rings is 1. The summed E-state index contributed by atoms with van der Waals surface area (Å²) in [7, 11) is 0. The number of carbonyl (C=O) groups excluding carboxylic acids is 1. The van der Waals surface area contributed by atoms with E-state index in [4.69, 9.17) is 16.3 Å². The third-order valence-electron chi connectivity index (χ3n) is 2.67. The van der Waals surface area contributed by atoms with Gasteiger partial charge in [-0.25, -0.2) is 0 Å². The Morgan fingerprint density at radius 1 is 1.29 bits per heavy atom. The number of amides is 1. The van der Waals surface area contributed by atoms with Crippen LogP contribution in [0.1, 0.15) is 12.8 Å². The van der Waals surface area contributed by atoms with Crippen molar-refractivity contribution in [2.45, 2.75) is 17.7 Å². The van der Waals surface area contributed by atoms with Gasteiger partial charge in [-0.2, -0.15) is 10.5 Å². The Morgan fingerprint density at radius 2 is 1.90 bits per heavy atom. The molecule has 1 aromatic carbocycles. The van der Waals surface area contributed by atoms with Crippen molar-refractivity contribution < 1.29 is 4.79 Å². The maximum Gasteiger partial charge on any atom is 0.232 e. The second-order valence-corrected chi connectivity index (χ2v) is 6.10. The molecule has 0 saturated carbocycles. The molecule has 110 valence electrons. The lowest BCUT2D eigenvalue weighted by molar-refractivity contribution is -0.128. The van der Waals surface area contributed by atoms with Crippen LogP contribution in [-0.2, 0) is 4.79 Å². The molecule has 7 heteroatoms. The smallest absolute Gasteiger partial charge is 0.232 e. The van der Waals surface area contributed by atoms with Crippen molar-refractivity contribution in [2.24, 2.45) is 0 Å². The molecule has 1 aromatic rings. The number of nitrogens with zero attached hydrogens (tertiary/aromatic N) is 3. The Balaban J connectivity index is 2.62. The summed E-state index contributed by atoms with van der Waals surface area (Å²) in [5.74, 6) is 0.141. The Kier molecular flexibility index (Phi) is 7.66. The van der Waals surface area contributed by atoms with Crippen LogP contribution < -0.4 is 5.73 Å². The molecule has 0 aliphatic heterocycles. The Labute approximate surface area is 136 Å². The number of rotatable bonds is 7. The fourth-order valence-electron chi connectivity index (χ4n) is 1.60. The van der Waals surface area contributed by atoms with Crippen LogP contribution in [0.5, 0.6) is 0 Å². The normalized spacial score (nSPS) is 9.67. The van der Waals surface area contributed by atoms with Crippen molar-refractivity contribution in [3.05, 3.63) is 22.7 Å². The number of nitrogens with two attached hydrogens (primary N) is 1. The van der Waals surface area contributed by atoms with Crippen molar-refractivity contribution in [3.8, 4) is 12.1 Å². The minimum Gasteiger partial charge on any atom is -0.398 e. The van der Waals surface area contributed by atoms with E-state index in [9.17, 15) is 4.79 Å². The molecule has 0 atom stereocenters. The molecule has 0 spiro atoms. The summed E-state index contributed by atoms with van der Waals surface area (Å²) in [5, 5.41) is 17.2. The third-order valence-corrected chi connectivity index (χ3v) is 4.22. The van der Waals surface area contributed by atoms with Gasteiger partial charge in [-0.15, -0.1) is 11.8 Å². The van der Waals surface area contributed by atoms with E-state index in [1.807, 2.05) is 24.3 Å². The molecule has 0 unspecified atom stereocenters. The second-order valence-electron chi connectivity index (χ2n) is 4.17. The lowest BCUT2D eigenvalue weighted by Crippen LogP contribution is -2.34. The first-order valence-corrected chi connectivity index (χ1v) is 8.06. The Hall–Kier alpha value is -1.70. The molecular formula is C14H15BrN4OS. The quantitative estimate of drug-likeness (QED) is 0.591. The first-order valence-electron chi connectivity index (χ1n) is 6.28. The van der Waals surface area contributed by atoms with Crippen LogP contribution >= 0.6 is 27.7 Å². The number of hydrogen-bond donors (Lipinski definition) is 1. The van der Waals surface area contributed by atoms with Gasteiger partial charge in [0.25, 0.3) is 0 Å². The Bertz CT molecular complexity index is 561. The van der Waals surface area contributed by atoms with Crippen LogP contribution in [0.4, 0.5) is 5.69 Å². The fraction of sp³-hybridized carbons (Fsp3) is 0.357. The average Bonchev–Trinajstić information content (AvgIpc) is 2.48. The van der Waals surface area contributed by atoms with E-state index >= 15 is 0 Å². The molecule has 1 rings (SSSR count). The van der Waals surface area contributed by atoms with Gasteiger partial charge in [0.2, 0.25) is 5.91 Å². The summed E-state index contributed by atoms with van der Waals surface area (Å²) in [5.41, 5.74) is 6.48. The van der Waals surface area contributed by atoms with E-state index < -0.39 is 0 Å². The minimum atomic E-state index is -0.0927. The molecule has 0 heterocycles. The van der Waals surface area contributed by atoms with Gasteiger partial charge in [-0.05, 0) is 18.2 Å². The topological polar surface area (TPSA) is 93.9 Å². The van der Waals surface area contributed by atoms with E-state index in [-0.39, 0.29) is 24.5 Å². The number of hydrogen-bond acceptors (Lipinski definition) is 5. The number of thioether (sulfide) groups is 1. The van der Waals surface area contributed by atoms with E-state index in [1.165, 1.54) is 11.8 Å². The molecule has 21 heavy (non-hydrogen) atoms. The molecule has 0 aliphatic rings. The molecule has 0 saturated heterocycles. The molecule has 1 amide bonds. The fourth-order valence-corrected chi connectivity index (χ4v) is 3.01. The predicted octanol–water partition coefficient (Wildman–Crippen LogP) is 2.78. The number of nitriles is 2. The number of anilines is 1. The number of halogens is 1. The summed E-state index contributed by atoms with van der Waals surface area (Å²) in [4.78, 5) is 14.5. The Morgan fingerprint density at radius 3 is 2.48 bits per heavy atom. The summed E-state index contributed by atoms with van der Waals surface area (Å²) in [6.07, 6.45) is 0.529. The highest BCUT2D eigenvalue weighted by atomic mass is 79.9. The van der Waals surface area contributed by atoms with Gasteiger partial charge >= 0.3 is 0 Å². The highest BCUT2D eigenvalue weighted by molar-refractivity contribution is 9.10. The van der Waals surface area contributed by atoms with Crippen molar-refractivity contribution in [1.82, 2.24) is 4.90 Å². The van der Waals surface area contributed by atoms with Crippen molar-refractivity contribution in [1.29, 1.82) is 10.5 Å². The van der Waals surface area contributed by atoms with E-state index in [2.05, 4.69) is 15.9 Å². The second kappa shape index (κ2) is 9.28. The molecule has 0 aliphatic carbocycles. The van der Waals surface area contributed by atoms with Gasteiger partial charge in [0.15, 0.2) is 0 Å². The van der Waals surface area contributed by atoms with E-state index in [0.29, 0.717) is 18.8 Å². The lowest BCUT2D eigenvalue weighted by atomic mass is 10.3. The van der Waals surface area contributed by atoms with Crippen molar-refractivity contribution in [3.63, 3.8) is 0 Å². The van der Waals surface area contributed by atoms with Gasteiger partial charge in [-0.1, -0.05) is 15.9 Å². The van der Waals surface area contributed by atoms with Gasteiger partial charge < -0.3 is 10.6 Å². The lowest BCUT2D eigenvalue weighted by Gasteiger charge is -2.20. The highest BCUT2D eigenvalue weighted by Crippen LogP contribution is 2.28. The van der Waals surface area contributed by atoms with Crippen molar-refractivity contribution >= 4 is 39.3 Å². The number of carbonyl (C=O) groups is 1. The van der Waals surface area contributed by atoms with Crippen LogP contribution in [0, 0.1) is 22.7 Å². The largest absolute Gasteiger partial charge is 0.398 e. The molecule has 0 aromatic heterocycles. The summed E-state index contributed by atoms with van der Waals surface area (Å²) < 4.78 is 0.900. The zero-order valence-corrected chi connectivity index (χ0v) is 13.8. The van der Waals surface area contributed by atoms with Crippen LogP contribution in [0.3, 0.4) is 0 Å². The zero-order chi connectivity index (χ0) is 15.7. The van der Waals surface area contributed by atoms with E-state index in [1.54, 1.807) is 11.0 Å². The van der Waals surface area contributed by atoms with E-state index in [0.717, 1.165) is 9.37 Å². The molecule has 2 N–H and O–H groups in total. The SMILES string of the molecule is N#CCCN(CCC#N)C(=O)CSc1cc(Br)ccc1N. The molecular weight excluding hydrogens is 352 g/mol. The highest BCUT2D eigenvalue weighted by Gasteiger charge is 2.14. The zero-order valence-electron chi connectivity index (χ0n) is 11.4. The van der Waals surface area contributed by atoms with Crippen LogP contribution in [0.2, 0.25) is 0 Å². The van der Waals surface area contributed by atoms with Crippen LogP contribution in [0.15, 0.2) is 27.6 Å². The average molecular weight is 367 g/mol. The van der Waals surface area contributed by atoms with Crippen molar-refractivity contribution in [2.75, 3.05) is 24.6 Å². The van der Waals surface area contributed by atoms with Gasteiger partial charge in [0.05, 0.1) is 30.7 Å². The first-order chi connectivity index (χ1) is 10.1. The monoisotopic (exact) mass is 366 g/mol. The molecule has 0 fully saturated rings. The molecule has 0 bridgehead atoms. The van der Waals surface area contributed by atoms with Gasteiger partial charge in [-0.3, -0.25) is 4.79 Å². The molecule has 0 radical (unpaired) electrons. The minimum absolute atomic E-state index is 0.0927. The maximum absolute atomic E-state index is 12.2. The number of nitrogen functional groups attached to an aromatic ring is 1. The summed E-state index contributed by atoms with van der Waals surface area (Å²) in [6, 6.07) is 9.50.